The highest BCUT2D eigenvalue weighted by Gasteiger charge is 2.34. The van der Waals surface area contributed by atoms with E-state index in [9.17, 15) is 9.59 Å². The number of hydrogen-bond acceptors (Lipinski definition) is 4. The minimum absolute atomic E-state index is 0.00189. The van der Waals surface area contributed by atoms with Gasteiger partial charge < -0.3 is 19.5 Å². The van der Waals surface area contributed by atoms with Crippen molar-refractivity contribution in [2.45, 2.75) is 13.0 Å². The molecule has 0 radical (unpaired) electrons. The Morgan fingerprint density at radius 1 is 1.28 bits per heavy atom. The van der Waals surface area contributed by atoms with Crippen LogP contribution in [0.2, 0.25) is 0 Å². The van der Waals surface area contributed by atoms with Crippen molar-refractivity contribution in [3.8, 4) is 0 Å². The zero-order chi connectivity index (χ0) is 17.6. The summed E-state index contributed by atoms with van der Waals surface area (Å²) in [5, 5.41) is 2.94. The summed E-state index contributed by atoms with van der Waals surface area (Å²) in [7, 11) is 1.99. The van der Waals surface area contributed by atoms with Crippen LogP contribution in [0.3, 0.4) is 0 Å². The van der Waals surface area contributed by atoms with Crippen molar-refractivity contribution in [2.24, 2.45) is 5.92 Å². The molecule has 0 spiro atoms. The molecule has 0 aliphatic carbocycles. The van der Waals surface area contributed by atoms with Gasteiger partial charge in [-0.15, -0.1) is 0 Å². The molecule has 1 aromatic heterocycles. The summed E-state index contributed by atoms with van der Waals surface area (Å²) in [5.74, 6) is 0.387. The quantitative estimate of drug-likeness (QED) is 0.835. The van der Waals surface area contributed by atoms with E-state index in [0.29, 0.717) is 26.2 Å². The van der Waals surface area contributed by atoms with Crippen molar-refractivity contribution in [1.29, 1.82) is 0 Å². The lowest BCUT2D eigenvalue weighted by atomic mass is 10.1. The molecule has 1 aliphatic rings. The maximum absolute atomic E-state index is 12.3. The smallest absolute Gasteiger partial charge is 0.225 e. The van der Waals surface area contributed by atoms with Crippen LogP contribution in [0.5, 0.6) is 0 Å². The number of furan rings is 1. The predicted molar refractivity (Wildman–Crippen MR) is 95.0 cm³/mol. The van der Waals surface area contributed by atoms with Crippen LogP contribution in [-0.4, -0.2) is 43.4 Å². The Kier molecular flexibility index (Phi) is 5.38. The van der Waals surface area contributed by atoms with Gasteiger partial charge >= 0.3 is 0 Å². The number of carbonyl (C=O) groups is 2. The summed E-state index contributed by atoms with van der Waals surface area (Å²) in [5.41, 5.74) is 1.11. The van der Waals surface area contributed by atoms with E-state index < -0.39 is 0 Å². The molecule has 1 saturated heterocycles. The highest BCUT2D eigenvalue weighted by molar-refractivity contribution is 5.89. The molecule has 132 valence electrons. The van der Waals surface area contributed by atoms with E-state index in [1.54, 1.807) is 17.2 Å². The number of likely N-dealkylation sites (tertiary alicyclic amines) is 1. The first kappa shape index (κ1) is 17.1. The number of carbonyl (C=O) groups excluding carboxylic acids is 2. The number of benzene rings is 1. The van der Waals surface area contributed by atoms with Crippen molar-refractivity contribution >= 4 is 17.5 Å². The second-order valence-electron chi connectivity index (χ2n) is 6.30. The van der Waals surface area contributed by atoms with Crippen LogP contribution >= 0.6 is 0 Å². The lowest BCUT2D eigenvalue weighted by Gasteiger charge is -2.20. The van der Waals surface area contributed by atoms with Crippen LogP contribution in [0.4, 0.5) is 5.69 Å². The van der Waals surface area contributed by atoms with Crippen molar-refractivity contribution < 1.29 is 14.0 Å². The number of nitrogens with one attached hydrogen (secondary N) is 1. The van der Waals surface area contributed by atoms with Gasteiger partial charge in [0.1, 0.15) is 5.76 Å². The van der Waals surface area contributed by atoms with E-state index >= 15 is 0 Å². The van der Waals surface area contributed by atoms with E-state index in [1.807, 2.05) is 43.4 Å². The van der Waals surface area contributed by atoms with E-state index in [1.165, 1.54) is 0 Å². The van der Waals surface area contributed by atoms with Gasteiger partial charge in [0.15, 0.2) is 0 Å². The van der Waals surface area contributed by atoms with Gasteiger partial charge in [-0.25, -0.2) is 0 Å². The Bertz CT molecular complexity index is 700. The molecule has 1 aromatic carbocycles. The standard InChI is InChI=1S/C19H23N3O3/c1-21(16-6-3-2-4-7-16)10-9-20-19(24)15-12-18(23)22(13-15)14-17-8-5-11-25-17/h2-8,11,15H,9-10,12-14H2,1H3,(H,20,24)/t15-/m0/s1. The van der Waals surface area contributed by atoms with Gasteiger partial charge in [-0.05, 0) is 24.3 Å². The van der Waals surface area contributed by atoms with Crippen molar-refractivity contribution in [1.82, 2.24) is 10.2 Å². The van der Waals surface area contributed by atoms with Crippen LogP contribution in [0.25, 0.3) is 0 Å². The summed E-state index contributed by atoms with van der Waals surface area (Å²) in [6.45, 7) is 2.13. The molecule has 1 fully saturated rings. The third-order valence-corrected chi connectivity index (χ3v) is 4.46. The first-order valence-corrected chi connectivity index (χ1v) is 8.47. The molecule has 0 saturated carbocycles. The van der Waals surface area contributed by atoms with Crippen LogP contribution < -0.4 is 10.2 Å². The zero-order valence-corrected chi connectivity index (χ0v) is 14.4. The van der Waals surface area contributed by atoms with Gasteiger partial charge in [-0.1, -0.05) is 18.2 Å². The molecule has 0 bridgehead atoms. The highest BCUT2D eigenvalue weighted by atomic mass is 16.3. The molecule has 6 heteroatoms. The van der Waals surface area contributed by atoms with Crippen LogP contribution in [-0.2, 0) is 16.1 Å². The summed E-state index contributed by atoms with van der Waals surface area (Å²) in [6, 6.07) is 13.6. The van der Waals surface area contributed by atoms with Crippen molar-refractivity contribution in [3.63, 3.8) is 0 Å². The normalized spacial score (nSPS) is 16.9. The molecular weight excluding hydrogens is 318 g/mol. The molecule has 0 unspecified atom stereocenters. The number of rotatable bonds is 7. The lowest BCUT2D eigenvalue weighted by Crippen LogP contribution is -2.37. The summed E-state index contributed by atoms with van der Waals surface area (Å²) in [4.78, 5) is 28.2. The van der Waals surface area contributed by atoms with Gasteiger partial charge in [-0.3, -0.25) is 9.59 Å². The molecule has 25 heavy (non-hydrogen) atoms. The molecule has 2 amide bonds. The van der Waals surface area contributed by atoms with E-state index in [2.05, 4.69) is 10.2 Å². The topological polar surface area (TPSA) is 65.8 Å². The second-order valence-corrected chi connectivity index (χ2v) is 6.30. The molecule has 2 heterocycles. The van der Waals surface area contributed by atoms with E-state index in [0.717, 1.165) is 11.4 Å². The fourth-order valence-electron chi connectivity index (χ4n) is 2.99. The van der Waals surface area contributed by atoms with Gasteiger partial charge in [-0.2, -0.15) is 0 Å². The third-order valence-electron chi connectivity index (χ3n) is 4.46. The number of amides is 2. The highest BCUT2D eigenvalue weighted by Crippen LogP contribution is 2.20. The average molecular weight is 341 g/mol. The van der Waals surface area contributed by atoms with Gasteiger partial charge in [0.25, 0.3) is 0 Å². The third kappa shape index (κ3) is 4.41. The number of para-hydroxylation sites is 1. The first-order valence-electron chi connectivity index (χ1n) is 8.47. The Balaban J connectivity index is 1.43. The Morgan fingerprint density at radius 2 is 2.08 bits per heavy atom. The number of nitrogens with zero attached hydrogens (tertiary/aromatic N) is 2. The van der Waals surface area contributed by atoms with Gasteiger partial charge in [0, 0.05) is 38.8 Å². The minimum atomic E-state index is -0.288. The molecule has 1 atom stereocenters. The van der Waals surface area contributed by atoms with Crippen LogP contribution in [0, 0.1) is 5.92 Å². The SMILES string of the molecule is CN(CCNC(=O)[C@H]1CC(=O)N(Cc2ccco2)C1)c1ccccc1. The predicted octanol–water partition coefficient (Wildman–Crippen LogP) is 1.88. The molecule has 3 rings (SSSR count). The average Bonchev–Trinajstić information content (AvgIpc) is 3.26. The molecule has 6 nitrogen and oxygen atoms in total. The summed E-state index contributed by atoms with van der Waals surface area (Å²) < 4.78 is 5.27. The maximum Gasteiger partial charge on any atom is 0.225 e. The van der Waals surface area contributed by atoms with Crippen molar-refractivity contribution in [2.75, 3.05) is 31.6 Å². The zero-order valence-electron chi connectivity index (χ0n) is 14.4. The Morgan fingerprint density at radius 3 is 2.80 bits per heavy atom. The summed E-state index contributed by atoms with van der Waals surface area (Å²) >= 11 is 0. The fraction of sp³-hybridized carbons (Fsp3) is 0.368. The Labute approximate surface area is 147 Å². The number of anilines is 1. The summed E-state index contributed by atoms with van der Waals surface area (Å²) in [6.07, 6.45) is 1.85. The molecule has 1 aliphatic heterocycles. The largest absolute Gasteiger partial charge is 0.467 e. The molecule has 1 N–H and O–H groups in total. The maximum atomic E-state index is 12.3. The van der Waals surface area contributed by atoms with Crippen LogP contribution in [0.15, 0.2) is 53.1 Å². The van der Waals surface area contributed by atoms with E-state index in [4.69, 9.17) is 4.42 Å². The lowest BCUT2D eigenvalue weighted by molar-refractivity contribution is -0.129. The van der Waals surface area contributed by atoms with Crippen molar-refractivity contribution in [3.05, 3.63) is 54.5 Å². The Hall–Kier alpha value is -2.76. The number of hydrogen-bond donors (Lipinski definition) is 1. The molecular formula is C19H23N3O3. The van der Waals surface area contributed by atoms with E-state index in [-0.39, 0.29) is 24.2 Å². The second kappa shape index (κ2) is 7.88. The van der Waals surface area contributed by atoms with Gasteiger partial charge in [0.05, 0.1) is 18.7 Å². The first-order chi connectivity index (χ1) is 12.1. The monoisotopic (exact) mass is 341 g/mol. The van der Waals surface area contributed by atoms with Crippen LogP contribution in [0.1, 0.15) is 12.2 Å². The minimum Gasteiger partial charge on any atom is -0.467 e. The number of likely N-dealkylation sites (N-methyl/N-ethyl adjacent to an activating group) is 1. The molecule has 2 aromatic rings. The fourth-order valence-corrected chi connectivity index (χ4v) is 2.99. The van der Waals surface area contributed by atoms with Gasteiger partial charge in [0.2, 0.25) is 11.8 Å².